The highest BCUT2D eigenvalue weighted by Gasteiger charge is 2.23. The van der Waals surface area contributed by atoms with Crippen molar-refractivity contribution < 1.29 is 27.5 Å². The number of carbonyl (C=O) groups is 1. The molecule has 0 spiro atoms. The molecule has 0 amide bonds. The fourth-order valence-corrected chi connectivity index (χ4v) is 2.42. The predicted octanol–water partition coefficient (Wildman–Crippen LogP) is 4.22. The maximum absolute atomic E-state index is 14.5. The molecular formula is C16H12F3IN2O3. The van der Waals surface area contributed by atoms with E-state index in [1.165, 1.54) is 19.2 Å². The molecule has 0 radical (unpaired) electrons. The third kappa shape index (κ3) is 4.21. The van der Waals surface area contributed by atoms with Gasteiger partial charge >= 0.3 is 5.97 Å². The minimum Gasteiger partial charge on any atom is -0.465 e. The number of methoxy groups -OCH3 is 1. The van der Waals surface area contributed by atoms with Crippen molar-refractivity contribution in [2.24, 2.45) is 5.16 Å². The van der Waals surface area contributed by atoms with Crippen molar-refractivity contribution in [1.82, 2.24) is 0 Å². The van der Waals surface area contributed by atoms with Crippen molar-refractivity contribution in [3.05, 3.63) is 56.4 Å². The molecule has 0 aromatic heterocycles. The van der Waals surface area contributed by atoms with Gasteiger partial charge in [-0.3, -0.25) is 0 Å². The van der Waals surface area contributed by atoms with Gasteiger partial charge in [0.2, 0.25) is 0 Å². The Morgan fingerprint density at radius 1 is 1.20 bits per heavy atom. The SMILES string of the molecule is CO/N=C/c1cc(C(=O)OC)c(Nc2ccc(I)cc2F)c(F)c1F. The van der Waals surface area contributed by atoms with Crippen molar-refractivity contribution in [2.75, 3.05) is 19.5 Å². The summed E-state index contributed by atoms with van der Waals surface area (Å²) in [5.74, 6) is -4.27. The van der Waals surface area contributed by atoms with E-state index in [1.807, 2.05) is 22.6 Å². The zero-order chi connectivity index (χ0) is 18.6. The maximum Gasteiger partial charge on any atom is 0.340 e. The molecule has 132 valence electrons. The number of oxime groups is 1. The van der Waals surface area contributed by atoms with E-state index in [2.05, 4.69) is 20.0 Å². The Hall–Kier alpha value is -2.30. The third-order valence-corrected chi connectivity index (χ3v) is 3.80. The number of carbonyl (C=O) groups excluding carboxylic acids is 1. The number of nitrogens with one attached hydrogen (secondary N) is 1. The number of hydrogen-bond donors (Lipinski definition) is 1. The van der Waals surface area contributed by atoms with E-state index in [0.717, 1.165) is 19.4 Å². The average molecular weight is 464 g/mol. The van der Waals surface area contributed by atoms with Crippen LogP contribution >= 0.6 is 22.6 Å². The molecule has 0 aliphatic rings. The van der Waals surface area contributed by atoms with Crippen LogP contribution in [-0.2, 0) is 9.57 Å². The van der Waals surface area contributed by atoms with Gasteiger partial charge in [0.25, 0.3) is 0 Å². The monoisotopic (exact) mass is 464 g/mol. The Kier molecular flexibility index (Phi) is 6.23. The van der Waals surface area contributed by atoms with E-state index < -0.39 is 29.1 Å². The number of halogens is 4. The highest BCUT2D eigenvalue weighted by Crippen LogP contribution is 2.30. The van der Waals surface area contributed by atoms with Crippen molar-refractivity contribution in [3.8, 4) is 0 Å². The van der Waals surface area contributed by atoms with Gasteiger partial charge in [-0.25, -0.2) is 18.0 Å². The molecule has 2 aromatic rings. The van der Waals surface area contributed by atoms with Crippen LogP contribution in [0, 0.1) is 21.0 Å². The van der Waals surface area contributed by atoms with E-state index in [-0.39, 0.29) is 16.8 Å². The smallest absolute Gasteiger partial charge is 0.340 e. The van der Waals surface area contributed by atoms with Crippen molar-refractivity contribution in [1.29, 1.82) is 0 Å². The zero-order valence-corrected chi connectivity index (χ0v) is 15.2. The quantitative estimate of drug-likeness (QED) is 0.312. The zero-order valence-electron chi connectivity index (χ0n) is 13.1. The molecule has 0 bridgehead atoms. The molecule has 0 aliphatic carbocycles. The van der Waals surface area contributed by atoms with Gasteiger partial charge in [0, 0.05) is 9.13 Å². The topological polar surface area (TPSA) is 59.9 Å². The Balaban J connectivity index is 2.60. The van der Waals surface area contributed by atoms with Crippen LogP contribution < -0.4 is 5.32 Å². The summed E-state index contributed by atoms with van der Waals surface area (Å²) in [7, 11) is 2.31. The summed E-state index contributed by atoms with van der Waals surface area (Å²) in [5.41, 5.74) is -1.31. The molecule has 0 unspecified atom stereocenters. The normalized spacial score (nSPS) is 10.8. The standard InChI is InChI=1S/C16H12F3IN2O3/c1-24-16(23)10-5-8(7-21-25-2)13(18)14(19)15(10)22-12-4-3-9(20)6-11(12)17/h3-7,22H,1-2H3/b21-7+. The van der Waals surface area contributed by atoms with Crippen LogP contribution in [0.15, 0.2) is 29.4 Å². The number of rotatable bonds is 5. The molecule has 9 heteroatoms. The van der Waals surface area contributed by atoms with Gasteiger partial charge in [-0.05, 0) is 46.9 Å². The summed E-state index contributed by atoms with van der Waals surface area (Å²) >= 11 is 1.90. The Labute approximate surface area is 154 Å². The molecule has 2 aromatic carbocycles. The van der Waals surface area contributed by atoms with E-state index in [4.69, 9.17) is 0 Å². The van der Waals surface area contributed by atoms with Crippen molar-refractivity contribution >= 4 is 46.1 Å². The minimum atomic E-state index is -1.38. The fraction of sp³-hybridized carbons (Fsp3) is 0.125. The second-order valence-corrected chi connectivity index (χ2v) is 5.92. The maximum atomic E-state index is 14.5. The van der Waals surface area contributed by atoms with Gasteiger partial charge in [0.15, 0.2) is 11.6 Å². The summed E-state index contributed by atoms with van der Waals surface area (Å²) in [4.78, 5) is 16.3. The molecule has 5 nitrogen and oxygen atoms in total. The Bertz CT molecular complexity index is 844. The van der Waals surface area contributed by atoms with Crippen LogP contribution in [0.4, 0.5) is 24.5 Å². The first-order valence-corrected chi connectivity index (χ1v) is 7.85. The molecular weight excluding hydrogens is 452 g/mol. The lowest BCUT2D eigenvalue weighted by atomic mass is 10.1. The van der Waals surface area contributed by atoms with Crippen LogP contribution in [0.3, 0.4) is 0 Å². The first-order chi connectivity index (χ1) is 11.9. The van der Waals surface area contributed by atoms with Crippen LogP contribution in [0.25, 0.3) is 0 Å². The van der Waals surface area contributed by atoms with Gasteiger partial charge in [0.05, 0.1) is 30.3 Å². The summed E-state index contributed by atoms with van der Waals surface area (Å²) in [6.45, 7) is 0. The fourth-order valence-electron chi connectivity index (χ4n) is 1.97. The number of nitrogens with zero attached hydrogens (tertiary/aromatic N) is 1. The second kappa shape index (κ2) is 8.19. The van der Waals surface area contributed by atoms with E-state index in [9.17, 15) is 18.0 Å². The molecule has 0 saturated carbocycles. The molecule has 1 N–H and O–H groups in total. The Morgan fingerprint density at radius 2 is 1.92 bits per heavy atom. The molecule has 0 aliphatic heterocycles. The molecule has 25 heavy (non-hydrogen) atoms. The van der Waals surface area contributed by atoms with E-state index in [0.29, 0.717) is 3.57 Å². The first kappa shape index (κ1) is 19.0. The van der Waals surface area contributed by atoms with Crippen LogP contribution in [0.2, 0.25) is 0 Å². The average Bonchev–Trinajstić information content (AvgIpc) is 2.59. The number of ether oxygens (including phenoxy) is 1. The minimum absolute atomic E-state index is 0.123. The van der Waals surface area contributed by atoms with Gasteiger partial charge < -0.3 is 14.9 Å². The van der Waals surface area contributed by atoms with Gasteiger partial charge in [-0.2, -0.15) is 0 Å². The number of benzene rings is 2. The lowest BCUT2D eigenvalue weighted by Gasteiger charge is -2.14. The molecule has 2 rings (SSSR count). The number of anilines is 2. The highest BCUT2D eigenvalue weighted by molar-refractivity contribution is 14.1. The first-order valence-electron chi connectivity index (χ1n) is 6.78. The van der Waals surface area contributed by atoms with Gasteiger partial charge in [-0.1, -0.05) is 5.16 Å². The van der Waals surface area contributed by atoms with Crippen molar-refractivity contribution in [3.63, 3.8) is 0 Å². The molecule has 0 saturated heterocycles. The van der Waals surface area contributed by atoms with Crippen LogP contribution in [-0.4, -0.2) is 26.4 Å². The summed E-state index contributed by atoms with van der Waals surface area (Å²) in [6, 6.07) is 5.14. The predicted molar refractivity (Wildman–Crippen MR) is 94.7 cm³/mol. The number of esters is 1. The number of hydrogen-bond acceptors (Lipinski definition) is 5. The van der Waals surface area contributed by atoms with Crippen LogP contribution in [0.5, 0.6) is 0 Å². The lowest BCUT2D eigenvalue weighted by Crippen LogP contribution is -2.11. The van der Waals surface area contributed by atoms with Gasteiger partial charge in [0.1, 0.15) is 12.9 Å². The summed E-state index contributed by atoms with van der Waals surface area (Å²) < 4.78 is 47.9. The largest absolute Gasteiger partial charge is 0.465 e. The molecule has 0 heterocycles. The van der Waals surface area contributed by atoms with E-state index in [1.54, 1.807) is 6.07 Å². The third-order valence-electron chi connectivity index (χ3n) is 3.13. The molecule has 0 atom stereocenters. The second-order valence-electron chi connectivity index (χ2n) is 4.67. The van der Waals surface area contributed by atoms with Gasteiger partial charge in [-0.15, -0.1) is 0 Å². The van der Waals surface area contributed by atoms with Crippen LogP contribution in [0.1, 0.15) is 15.9 Å². The van der Waals surface area contributed by atoms with Crippen molar-refractivity contribution in [2.45, 2.75) is 0 Å². The summed E-state index contributed by atoms with van der Waals surface area (Å²) in [5, 5.41) is 5.75. The molecule has 0 fully saturated rings. The Morgan fingerprint density at radius 3 is 2.52 bits per heavy atom. The highest BCUT2D eigenvalue weighted by atomic mass is 127. The van der Waals surface area contributed by atoms with E-state index >= 15 is 0 Å². The lowest BCUT2D eigenvalue weighted by molar-refractivity contribution is 0.0601. The summed E-state index contributed by atoms with van der Waals surface area (Å²) in [6.07, 6.45) is 0.903.